The van der Waals surface area contributed by atoms with Gasteiger partial charge in [-0.05, 0) is 99.2 Å². The van der Waals surface area contributed by atoms with E-state index >= 15 is 0 Å². The van der Waals surface area contributed by atoms with Crippen molar-refractivity contribution in [2.75, 3.05) is 26.2 Å². The lowest BCUT2D eigenvalue weighted by Gasteiger charge is -2.52. The van der Waals surface area contributed by atoms with Crippen LogP contribution in [0.15, 0.2) is 54.6 Å². The van der Waals surface area contributed by atoms with Gasteiger partial charge in [-0.1, -0.05) is 30.3 Å². The Bertz CT molecular complexity index is 942. The van der Waals surface area contributed by atoms with E-state index in [9.17, 15) is 14.3 Å². The maximum atomic E-state index is 13.3. The van der Waals surface area contributed by atoms with E-state index in [-0.39, 0.29) is 29.3 Å². The molecule has 4 nitrogen and oxygen atoms in total. The van der Waals surface area contributed by atoms with Crippen LogP contribution in [-0.2, 0) is 0 Å². The van der Waals surface area contributed by atoms with Crippen LogP contribution in [0.25, 0.3) is 0 Å². The molecule has 2 aromatic rings. The molecule has 5 heteroatoms. The van der Waals surface area contributed by atoms with E-state index in [1.54, 1.807) is 12.1 Å². The van der Waals surface area contributed by atoms with Crippen LogP contribution in [-0.4, -0.2) is 59.1 Å². The lowest BCUT2D eigenvalue weighted by Crippen LogP contribution is -2.56. The Morgan fingerprint density at radius 1 is 0.939 bits per heavy atom. The molecule has 0 radical (unpaired) electrons. The highest BCUT2D eigenvalue weighted by Gasteiger charge is 2.46. The highest BCUT2D eigenvalue weighted by atomic mass is 19.1. The van der Waals surface area contributed by atoms with Gasteiger partial charge in [0.1, 0.15) is 5.82 Å². The molecule has 0 bridgehead atoms. The number of carbonyl (C=O) groups is 1. The van der Waals surface area contributed by atoms with Crippen molar-refractivity contribution in [3.05, 3.63) is 71.5 Å². The topological polar surface area (TPSA) is 43.8 Å². The largest absolute Gasteiger partial charge is 0.391 e. The number of piperidine rings is 2. The molecule has 1 spiro atoms. The number of hydrogen-bond acceptors (Lipinski definition) is 3. The van der Waals surface area contributed by atoms with Crippen LogP contribution < -0.4 is 0 Å². The minimum Gasteiger partial charge on any atom is -0.391 e. The Morgan fingerprint density at radius 3 is 2.39 bits per heavy atom. The van der Waals surface area contributed by atoms with E-state index in [0.29, 0.717) is 11.5 Å². The van der Waals surface area contributed by atoms with Crippen molar-refractivity contribution < 1.29 is 14.3 Å². The second kappa shape index (κ2) is 9.55. The van der Waals surface area contributed by atoms with Gasteiger partial charge < -0.3 is 10.0 Å². The summed E-state index contributed by atoms with van der Waals surface area (Å²) in [4.78, 5) is 17.6. The van der Waals surface area contributed by atoms with Gasteiger partial charge >= 0.3 is 0 Å². The van der Waals surface area contributed by atoms with Crippen LogP contribution in [0.2, 0.25) is 0 Å². The molecule has 0 aromatic heterocycles. The second-order valence-corrected chi connectivity index (χ2v) is 10.4. The number of rotatable bonds is 3. The van der Waals surface area contributed by atoms with Gasteiger partial charge in [0.05, 0.1) is 6.10 Å². The highest BCUT2D eigenvalue weighted by Crippen LogP contribution is 2.45. The smallest absolute Gasteiger partial charge is 0.253 e. The number of aliphatic hydroxyl groups is 1. The molecule has 3 atom stereocenters. The predicted molar refractivity (Wildman–Crippen MR) is 128 cm³/mol. The molecule has 1 N–H and O–H groups in total. The first-order valence-corrected chi connectivity index (χ1v) is 12.5. The van der Waals surface area contributed by atoms with Crippen molar-refractivity contribution in [2.24, 2.45) is 5.41 Å². The maximum absolute atomic E-state index is 13.3. The van der Waals surface area contributed by atoms with Gasteiger partial charge in [-0.3, -0.25) is 9.69 Å². The van der Waals surface area contributed by atoms with Crippen LogP contribution in [0.3, 0.4) is 0 Å². The summed E-state index contributed by atoms with van der Waals surface area (Å²) in [5.41, 5.74) is 2.07. The number of carbonyl (C=O) groups excluding carboxylic acids is 1. The zero-order valence-electron chi connectivity index (χ0n) is 19.3. The minimum absolute atomic E-state index is 0.000391. The van der Waals surface area contributed by atoms with Gasteiger partial charge in [-0.2, -0.15) is 0 Å². The van der Waals surface area contributed by atoms with Gasteiger partial charge in [0.2, 0.25) is 0 Å². The molecule has 2 aliphatic heterocycles. The zero-order valence-corrected chi connectivity index (χ0v) is 19.3. The predicted octanol–water partition coefficient (Wildman–Crippen LogP) is 4.84. The molecule has 1 amide bonds. The SMILES string of the molecule is O=C(c1ccc(F)cc1)N1CCC[C@@]2(CC[C@H](O)[C@@H](N3CCC(c4ccccc4)CC3)C2)C1. The monoisotopic (exact) mass is 450 g/mol. The van der Waals surface area contributed by atoms with Gasteiger partial charge in [0.25, 0.3) is 5.91 Å². The normalized spacial score (nSPS) is 29.3. The van der Waals surface area contributed by atoms with E-state index < -0.39 is 0 Å². The molecular weight excluding hydrogens is 415 g/mol. The van der Waals surface area contributed by atoms with Crippen molar-refractivity contribution in [3.8, 4) is 0 Å². The first-order chi connectivity index (χ1) is 16.0. The Balaban J connectivity index is 1.24. The van der Waals surface area contributed by atoms with Crippen molar-refractivity contribution in [1.82, 2.24) is 9.80 Å². The standard InChI is InChI=1S/C28H35FN2O2/c29-24-9-7-23(8-10-24)27(33)31-16-4-14-28(20-31)15-11-26(32)25(19-28)30-17-12-22(13-18-30)21-5-2-1-3-6-21/h1-3,5-10,22,25-26,32H,4,11-20H2/t25-,26-,28-/m0/s1. The average Bonchev–Trinajstić information content (AvgIpc) is 2.86. The zero-order chi connectivity index (χ0) is 22.8. The summed E-state index contributed by atoms with van der Waals surface area (Å²) < 4.78 is 13.3. The summed E-state index contributed by atoms with van der Waals surface area (Å²) in [6.07, 6.45) is 6.82. The molecule has 33 heavy (non-hydrogen) atoms. The summed E-state index contributed by atoms with van der Waals surface area (Å²) in [7, 11) is 0. The number of likely N-dealkylation sites (tertiary alicyclic amines) is 2. The number of aliphatic hydroxyl groups excluding tert-OH is 1. The van der Waals surface area contributed by atoms with E-state index in [0.717, 1.165) is 71.1 Å². The van der Waals surface area contributed by atoms with Crippen molar-refractivity contribution in [1.29, 1.82) is 0 Å². The summed E-state index contributed by atoms with van der Waals surface area (Å²) in [6, 6.07) is 16.9. The quantitative estimate of drug-likeness (QED) is 0.728. The van der Waals surface area contributed by atoms with Crippen LogP contribution in [0.5, 0.6) is 0 Å². The van der Waals surface area contributed by atoms with Crippen molar-refractivity contribution >= 4 is 5.91 Å². The first kappa shape index (κ1) is 22.5. The lowest BCUT2D eigenvalue weighted by molar-refractivity contribution is -0.0546. The molecule has 5 rings (SSSR count). The molecular formula is C28H35FN2O2. The van der Waals surface area contributed by atoms with Gasteiger partial charge in [-0.25, -0.2) is 4.39 Å². The molecule has 0 unspecified atom stereocenters. The van der Waals surface area contributed by atoms with E-state index in [1.807, 2.05) is 4.90 Å². The van der Waals surface area contributed by atoms with Crippen molar-refractivity contribution in [2.45, 2.75) is 63.0 Å². The Kier molecular flexibility index (Phi) is 6.53. The molecule has 3 fully saturated rings. The number of halogens is 1. The maximum Gasteiger partial charge on any atom is 0.253 e. The number of hydrogen-bond donors (Lipinski definition) is 1. The molecule has 2 saturated heterocycles. The first-order valence-electron chi connectivity index (χ1n) is 12.5. The third-order valence-electron chi connectivity index (χ3n) is 8.37. The van der Waals surface area contributed by atoms with Crippen LogP contribution in [0.4, 0.5) is 4.39 Å². The fourth-order valence-corrected chi connectivity index (χ4v) is 6.52. The van der Waals surface area contributed by atoms with Crippen LogP contribution in [0, 0.1) is 11.2 Å². The Morgan fingerprint density at radius 2 is 1.67 bits per heavy atom. The number of nitrogens with zero attached hydrogens (tertiary/aromatic N) is 2. The molecule has 2 aromatic carbocycles. The molecule has 2 heterocycles. The fourth-order valence-electron chi connectivity index (χ4n) is 6.52. The number of benzene rings is 2. The third kappa shape index (κ3) is 4.85. The molecule has 176 valence electrons. The van der Waals surface area contributed by atoms with Gasteiger partial charge in [-0.15, -0.1) is 0 Å². The summed E-state index contributed by atoms with van der Waals surface area (Å²) in [5.74, 6) is 0.290. The molecule has 1 aliphatic carbocycles. The van der Waals surface area contributed by atoms with E-state index in [2.05, 4.69) is 35.2 Å². The third-order valence-corrected chi connectivity index (χ3v) is 8.37. The van der Waals surface area contributed by atoms with E-state index in [1.165, 1.54) is 17.7 Å². The minimum atomic E-state index is -0.318. The fraction of sp³-hybridized carbons (Fsp3) is 0.536. The van der Waals surface area contributed by atoms with Gasteiger partial charge in [0.15, 0.2) is 0 Å². The number of amides is 1. The van der Waals surface area contributed by atoms with Gasteiger partial charge in [0, 0.05) is 24.7 Å². The van der Waals surface area contributed by atoms with E-state index in [4.69, 9.17) is 0 Å². The second-order valence-electron chi connectivity index (χ2n) is 10.4. The molecule has 1 saturated carbocycles. The molecule has 3 aliphatic rings. The summed E-state index contributed by atoms with van der Waals surface area (Å²) in [5, 5.41) is 10.9. The summed E-state index contributed by atoms with van der Waals surface area (Å²) >= 11 is 0. The lowest BCUT2D eigenvalue weighted by atomic mass is 9.66. The highest BCUT2D eigenvalue weighted by molar-refractivity contribution is 5.94. The summed E-state index contributed by atoms with van der Waals surface area (Å²) in [6.45, 7) is 3.55. The van der Waals surface area contributed by atoms with Crippen LogP contribution >= 0.6 is 0 Å². The van der Waals surface area contributed by atoms with Crippen molar-refractivity contribution in [3.63, 3.8) is 0 Å². The Hall–Kier alpha value is -2.24. The average molecular weight is 451 g/mol. The Labute approximate surface area is 196 Å². The van der Waals surface area contributed by atoms with Crippen LogP contribution in [0.1, 0.15) is 66.8 Å².